The molecule has 140 valence electrons. The van der Waals surface area contributed by atoms with E-state index in [1.165, 1.54) is 0 Å². The number of ether oxygens (including phenoxy) is 1. The van der Waals surface area contributed by atoms with Crippen molar-refractivity contribution in [2.45, 2.75) is 32.9 Å². The van der Waals surface area contributed by atoms with Crippen molar-refractivity contribution in [1.82, 2.24) is 24.8 Å². The van der Waals surface area contributed by atoms with Crippen molar-refractivity contribution < 1.29 is 9.53 Å². The van der Waals surface area contributed by atoms with Crippen LogP contribution in [0.15, 0.2) is 11.7 Å². The molecule has 2 aromatic heterocycles. The van der Waals surface area contributed by atoms with E-state index in [0.717, 1.165) is 48.3 Å². The molecule has 0 spiro atoms. The predicted octanol–water partition coefficient (Wildman–Crippen LogP) is 1.38. The molecule has 2 bridgehead atoms. The third-order valence-corrected chi connectivity index (χ3v) is 5.99. The molecule has 4 heterocycles. The van der Waals surface area contributed by atoms with Crippen LogP contribution < -0.4 is 0 Å². The number of fused-ring (bicyclic) bond motifs is 3. The lowest BCUT2D eigenvalue weighted by molar-refractivity contribution is -0.133. The highest BCUT2D eigenvalue weighted by atomic mass is 32.1. The lowest BCUT2D eigenvalue weighted by Gasteiger charge is -2.31. The fourth-order valence-corrected chi connectivity index (χ4v) is 4.49. The molecule has 2 aliphatic rings. The van der Waals surface area contributed by atoms with Crippen molar-refractivity contribution in [2.75, 3.05) is 32.8 Å². The molecular formula is C18H25N5O2S. The normalized spacial score (nSPS) is 23.8. The van der Waals surface area contributed by atoms with Crippen LogP contribution in [-0.2, 0) is 22.5 Å². The zero-order chi connectivity index (χ0) is 18.1. The fourth-order valence-electron chi connectivity index (χ4n) is 3.88. The number of carbonyl (C=O) groups excluding carboxylic acids is 1. The quantitative estimate of drug-likeness (QED) is 0.874. The van der Waals surface area contributed by atoms with E-state index < -0.39 is 0 Å². The van der Waals surface area contributed by atoms with Gasteiger partial charge in [-0.25, -0.2) is 9.97 Å². The Kier molecular flexibility index (Phi) is 5.06. The minimum atomic E-state index is 0.0916. The van der Waals surface area contributed by atoms with Gasteiger partial charge in [0.2, 0.25) is 5.91 Å². The Morgan fingerprint density at radius 3 is 2.96 bits per heavy atom. The summed E-state index contributed by atoms with van der Waals surface area (Å²) in [7, 11) is 0. The molecule has 4 rings (SSSR count). The number of hydrogen-bond donors (Lipinski definition) is 1. The van der Waals surface area contributed by atoms with Crippen LogP contribution in [0.2, 0.25) is 0 Å². The van der Waals surface area contributed by atoms with E-state index in [1.807, 2.05) is 17.2 Å². The largest absolute Gasteiger partial charge is 0.379 e. The molecule has 2 aromatic rings. The summed E-state index contributed by atoms with van der Waals surface area (Å²) in [6, 6.07) is 0.0916. The second-order valence-corrected chi connectivity index (χ2v) is 8.37. The summed E-state index contributed by atoms with van der Waals surface area (Å²) >= 11 is 1.60. The van der Waals surface area contributed by atoms with Gasteiger partial charge in [0.05, 0.1) is 48.4 Å². The number of thiazole rings is 1. The van der Waals surface area contributed by atoms with Crippen LogP contribution in [0.3, 0.4) is 0 Å². The average Bonchev–Trinajstić information content (AvgIpc) is 3.05. The summed E-state index contributed by atoms with van der Waals surface area (Å²) in [6.45, 7) is 8.68. The number of H-pyrrole nitrogens is 1. The van der Waals surface area contributed by atoms with Crippen LogP contribution >= 0.6 is 11.3 Å². The Morgan fingerprint density at radius 2 is 2.23 bits per heavy atom. The predicted molar refractivity (Wildman–Crippen MR) is 99.0 cm³/mol. The monoisotopic (exact) mass is 375 g/mol. The third kappa shape index (κ3) is 3.82. The molecule has 2 saturated heterocycles. The van der Waals surface area contributed by atoms with Gasteiger partial charge in [-0.15, -0.1) is 11.3 Å². The zero-order valence-electron chi connectivity index (χ0n) is 15.3. The SMILES string of the molecule is Cc1nc(CC(=O)N2C[C@H]3COC[C@@H]2CN(Cc2nc[nH]c2C)C3)cs1. The van der Waals surface area contributed by atoms with Crippen molar-refractivity contribution in [3.63, 3.8) is 0 Å². The lowest BCUT2D eigenvalue weighted by atomic mass is 10.1. The molecule has 1 N–H and O–H groups in total. The minimum Gasteiger partial charge on any atom is -0.379 e. The van der Waals surface area contributed by atoms with Crippen LogP contribution in [0.5, 0.6) is 0 Å². The minimum absolute atomic E-state index is 0.0916. The van der Waals surface area contributed by atoms with Gasteiger partial charge in [-0.05, 0) is 13.8 Å². The number of hydrogen-bond acceptors (Lipinski definition) is 6. The van der Waals surface area contributed by atoms with Crippen molar-refractivity contribution in [3.8, 4) is 0 Å². The molecule has 0 saturated carbocycles. The van der Waals surface area contributed by atoms with Gasteiger partial charge in [0.15, 0.2) is 0 Å². The van der Waals surface area contributed by atoms with Crippen LogP contribution in [0.25, 0.3) is 0 Å². The van der Waals surface area contributed by atoms with E-state index in [2.05, 4.69) is 26.8 Å². The van der Waals surface area contributed by atoms with Gasteiger partial charge >= 0.3 is 0 Å². The van der Waals surface area contributed by atoms with E-state index in [0.29, 0.717) is 25.6 Å². The molecule has 0 unspecified atom stereocenters. The van der Waals surface area contributed by atoms with Crippen LogP contribution in [0, 0.1) is 19.8 Å². The Morgan fingerprint density at radius 1 is 1.35 bits per heavy atom. The van der Waals surface area contributed by atoms with Gasteiger partial charge in [-0.1, -0.05) is 0 Å². The van der Waals surface area contributed by atoms with E-state index >= 15 is 0 Å². The van der Waals surface area contributed by atoms with Gasteiger partial charge in [-0.2, -0.15) is 0 Å². The molecule has 2 atom stereocenters. The summed E-state index contributed by atoms with van der Waals surface area (Å²) in [5.41, 5.74) is 3.07. The summed E-state index contributed by atoms with van der Waals surface area (Å²) in [5.74, 6) is 0.497. The zero-order valence-corrected chi connectivity index (χ0v) is 16.1. The van der Waals surface area contributed by atoms with Crippen molar-refractivity contribution in [1.29, 1.82) is 0 Å². The Hall–Kier alpha value is -1.77. The summed E-state index contributed by atoms with van der Waals surface area (Å²) in [5, 5.41) is 2.99. The van der Waals surface area contributed by atoms with Gasteiger partial charge in [0, 0.05) is 43.2 Å². The highest BCUT2D eigenvalue weighted by Gasteiger charge is 2.36. The fraction of sp³-hybridized carbons (Fsp3) is 0.611. The van der Waals surface area contributed by atoms with Crippen molar-refractivity contribution in [2.24, 2.45) is 5.92 Å². The number of aromatic nitrogens is 3. The number of amides is 1. The molecule has 8 heteroatoms. The third-order valence-electron chi connectivity index (χ3n) is 5.17. The highest BCUT2D eigenvalue weighted by Crippen LogP contribution is 2.22. The standard InChI is InChI=1S/C18H25N5O2S/c1-12-17(20-11-19-12)7-22-4-14-5-23(16(6-22)9-25-8-14)18(24)3-15-10-26-13(2)21-15/h10-11,14,16H,3-9H2,1-2H3,(H,19,20)/t14-,16-/m0/s1. The molecule has 1 amide bonds. The first-order valence-corrected chi connectivity index (χ1v) is 9.96. The number of nitrogens with one attached hydrogen (secondary N) is 1. The van der Waals surface area contributed by atoms with Crippen LogP contribution in [-0.4, -0.2) is 69.5 Å². The molecule has 26 heavy (non-hydrogen) atoms. The van der Waals surface area contributed by atoms with Gasteiger partial charge in [0.25, 0.3) is 0 Å². The first-order valence-electron chi connectivity index (χ1n) is 9.08. The van der Waals surface area contributed by atoms with Crippen LogP contribution in [0.1, 0.15) is 22.1 Å². The molecule has 2 fully saturated rings. The summed E-state index contributed by atoms with van der Waals surface area (Å²) < 4.78 is 5.85. The van der Waals surface area contributed by atoms with E-state index in [1.54, 1.807) is 17.7 Å². The Labute approximate surface area is 157 Å². The maximum Gasteiger partial charge on any atom is 0.229 e. The van der Waals surface area contributed by atoms with Gasteiger partial charge < -0.3 is 14.6 Å². The highest BCUT2D eigenvalue weighted by molar-refractivity contribution is 7.09. The number of aryl methyl sites for hydroxylation is 2. The average molecular weight is 375 g/mol. The van der Waals surface area contributed by atoms with Crippen molar-refractivity contribution >= 4 is 17.2 Å². The van der Waals surface area contributed by atoms with E-state index in [4.69, 9.17) is 4.74 Å². The first-order chi connectivity index (χ1) is 12.6. The first kappa shape index (κ1) is 17.6. The number of nitrogens with zero attached hydrogens (tertiary/aromatic N) is 4. The number of aromatic amines is 1. The molecule has 0 aliphatic carbocycles. The number of carbonyl (C=O) groups is 1. The van der Waals surface area contributed by atoms with Crippen molar-refractivity contribution in [3.05, 3.63) is 33.8 Å². The maximum absolute atomic E-state index is 12.9. The smallest absolute Gasteiger partial charge is 0.229 e. The summed E-state index contributed by atoms with van der Waals surface area (Å²) in [4.78, 5) is 29.4. The van der Waals surface area contributed by atoms with E-state index in [9.17, 15) is 4.79 Å². The van der Waals surface area contributed by atoms with Gasteiger partial charge in [0.1, 0.15) is 0 Å². The number of rotatable bonds is 4. The molecule has 0 aromatic carbocycles. The summed E-state index contributed by atoms with van der Waals surface area (Å²) in [6.07, 6.45) is 2.13. The number of imidazole rings is 1. The Bertz CT molecular complexity index is 773. The molecular weight excluding hydrogens is 350 g/mol. The van der Waals surface area contributed by atoms with Crippen LogP contribution in [0.4, 0.5) is 0 Å². The maximum atomic E-state index is 12.9. The second-order valence-electron chi connectivity index (χ2n) is 7.31. The van der Waals surface area contributed by atoms with E-state index in [-0.39, 0.29) is 11.9 Å². The molecule has 7 nitrogen and oxygen atoms in total. The Balaban J connectivity index is 1.47. The molecule has 0 radical (unpaired) electrons. The lowest BCUT2D eigenvalue weighted by Crippen LogP contribution is -2.47. The molecule has 2 aliphatic heterocycles. The van der Waals surface area contributed by atoms with Gasteiger partial charge in [-0.3, -0.25) is 9.69 Å². The topological polar surface area (TPSA) is 74.4 Å². The second kappa shape index (κ2) is 7.46.